The Labute approximate surface area is 160 Å². The molecule has 0 aliphatic rings. The highest BCUT2D eigenvalue weighted by Gasteiger charge is 2.09. The largest absolute Gasteiger partial charge is 0.507 e. The van der Waals surface area contributed by atoms with Crippen molar-refractivity contribution < 1.29 is 10.3 Å². The molecule has 26 heavy (non-hydrogen) atoms. The molecule has 1 rings (SSSR count). The molecule has 0 spiro atoms. The van der Waals surface area contributed by atoms with E-state index in [2.05, 4.69) is 19.0 Å². The van der Waals surface area contributed by atoms with Gasteiger partial charge < -0.3 is 10.3 Å². The average molecular weight is 362 g/mol. The Balaban J connectivity index is 2.04. The highest BCUT2D eigenvalue weighted by molar-refractivity contribution is 6.02. The topological polar surface area (TPSA) is 52.8 Å². The second kappa shape index (κ2) is 13.7. The molecule has 0 unspecified atom stereocenters. The van der Waals surface area contributed by atoms with Crippen molar-refractivity contribution in [3.63, 3.8) is 0 Å². The second-order valence-electron chi connectivity index (χ2n) is 8.04. The first kappa shape index (κ1) is 22.5. The van der Waals surface area contributed by atoms with Crippen LogP contribution in [0.15, 0.2) is 23.4 Å². The number of phenols is 1. The first-order valence-electron chi connectivity index (χ1n) is 10.6. The minimum atomic E-state index is 0.200. The van der Waals surface area contributed by atoms with Crippen LogP contribution in [0.5, 0.6) is 5.75 Å². The van der Waals surface area contributed by atoms with Gasteiger partial charge in [0.1, 0.15) is 5.75 Å². The van der Waals surface area contributed by atoms with Crippen LogP contribution in [0.2, 0.25) is 0 Å². The minimum Gasteiger partial charge on any atom is -0.507 e. The molecule has 0 saturated heterocycles. The van der Waals surface area contributed by atoms with E-state index >= 15 is 0 Å². The Morgan fingerprint density at radius 2 is 1.42 bits per heavy atom. The third kappa shape index (κ3) is 9.84. The van der Waals surface area contributed by atoms with Gasteiger partial charge in [-0.2, -0.15) is 0 Å². The van der Waals surface area contributed by atoms with Gasteiger partial charge in [-0.15, -0.1) is 0 Å². The van der Waals surface area contributed by atoms with Crippen LogP contribution in [0.4, 0.5) is 0 Å². The number of hydrogen-bond donors (Lipinski definition) is 2. The predicted octanol–water partition coefficient (Wildman–Crippen LogP) is 7.22. The van der Waals surface area contributed by atoms with Crippen LogP contribution in [0.3, 0.4) is 0 Å². The highest BCUT2D eigenvalue weighted by Crippen LogP contribution is 2.22. The lowest BCUT2D eigenvalue weighted by Crippen LogP contribution is -2.02. The van der Waals surface area contributed by atoms with Crippen LogP contribution in [0, 0.1) is 12.8 Å². The highest BCUT2D eigenvalue weighted by atomic mass is 16.4. The van der Waals surface area contributed by atoms with Crippen molar-refractivity contribution in [3.05, 3.63) is 29.3 Å². The Hall–Kier alpha value is -1.51. The number of nitrogens with zero attached hydrogens (tertiary/aromatic N) is 1. The fraction of sp³-hybridized carbons (Fsp3) is 0.696. The third-order valence-corrected chi connectivity index (χ3v) is 5.03. The summed E-state index contributed by atoms with van der Waals surface area (Å²) in [6.07, 6.45) is 15.0. The molecule has 0 heterocycles. The van der Waals surface area contributed by atoms with Gasteiger partial charge in [-0.25, -0.2) is 0 Å². The molecule has 0 aromatic heterocycles. The molecule has 0 aliphatic heterocycles. The van der Waals surface area contributed by atoms with Crippen LogP contribution in [-0.4, -0.2) is 16.0 Å². The number of unbranched alkanes of at least 4 members (excludes halogenated alkanes) is 9. The zero-order valence-electron chi connectivity index (χ0n) is 17.1. The van der Waals surface area contributed by atoms with Crippen LogP contribution < -0.4 is 0 Å². The summed E-state index contributed by atoms with van der Waals surface area (Å²) in [5.41, 5.74) is 2.24. The SMILES string of the molecule is Cc1ccc(C(CCCCCCCCCCCCC(C)C)=NO)c(O)c1. The third-order valence-electron chi connectivity index (χ3n) is 5.03. The van der Waals surface area contributed by atoms with Crippen molar-refractivity contribution in [1.29, 1.82) is 0 Å². The van der Waals surface area contributed by atoms with E-state index in [1.165, 1.54) is 57.8 Å². The van der Waals surface area contributed by atoms with E-state index in [0.717, 1.165) is 24.3 Å². The molecule has 3 nitrogen and oxygen atoms in total. The van der Waals surface area contributed by atoms with E-state index in [4.69, 9.17) is 0 Å². The summed E-state index contributed by atoms with van der Waals surface area (Å²) in [4.78, 5) is 0. The lowest BCUT2D eigenvalue weighted by atomic mass is 10.00. The summed E-state index contributed by atoms with van der Waals surface area (Å²) in [6, 6.07) is 5.48. The van der Waals surface area contributed by atoms with Crippen LogP contribution >= 0.6 is 0 Å². The van der Waals surface area contributed by atoms with Crippen molar-refractivity contribution in [2.45, 2.75) is 97.8 Å². The number of benzene rings is 1. The van der Waals surface area contributed by atoms with Gasteiger partial charge in [0.2, 0.25) is 0 Å². The maximum absolute atomic E-state index is 10.0. The number of hydrogen-bond acceptors (Lipinski definition) is 3. The molecule has 0 saturated carbocycles. The maximum atomic E-state index is 10.0. The van der Waals surface area contributed by atoms with E-state index < -0.39 is 0 Å². The Morgan fingerprint density at radius 1 is 0.885 bits per heavy atom. The molecule has 0 bridgehead atoms. The molecule has 0 aliphatic carbocycles. The van der Waals surface area contributed by atoms with Gasteiger partial charge in [0.05, 0.1) is 5.71 Å². The fourth-order valence-electron chi connectivity index (χ4n) is 3.38. The van der Waals surface area contributed by atoms with Gasteiger partial charge >= 0.3 is 0 Å². The van der Waals surface area contributed by atoms with Gasteiger partial charge in [-0.1, -0.05) is 89.3 Å². The lowest BCUT2D eigenvalue weighted by Gasteiger charge is -2.08. The van der Waals surface area contributed by atoms with Crippen molar-refractivity contribution >= 4 is 5.71 Å². The first-order valence-corrected chi connectivity index (χ1v) is 10.6. The smallest absolute Gasteiger partial charge is 0.125 e. The minimum absolute atomic E-state index is 0.200. The summed E-state index contributed by atoms with van der Waals surface area (Å²) < 4.78 is 0. The molecule has 148 valence electrons. The monoisotopic (exact) mass is 361 g/mol. The molecule has 0 radical (unpaired) electrons. The quantitative estimate of drug-likeness (QED) is 0.159. The Morgan fingerprint density at radius 3 is 1.92 bits per heavy atom. The van der Waals surface area contributed by atoms with Gasteiger partial charge in [-0.3, -0.25) is 0 Å². The van der Waals surface area contributed by atoms with Crippen molar-refractivity contribution in [2.24, 2.45) is 11.1 Å². The van der Waals surface area contributed by atoms with Crippen LogP contribution in [0.1, 0.15) is 102 Å². The standard InChI is InChI=1S/C23H39NO2/c1-19(2)14-12-10-8-6-4-5-7-9-11-13-15-22(24-26)21-17-16-20(3)18-23(21)25/h16-19,25-26H,4-15H2,1-3H3. The number of aryl methyl sites for hydroxylation is 1. The van der Waals surface area contributed by atoms with Gasteiger partial charge in [-0.05, 0) is 43.4 Å². The molecule has 1 aromatic carbocycles. The van der Waals surface area contributed by atoms with Gasteiger partial charge in [0.25, 0.3) is 0 Å². The molecule has 3 heteroatoms. The summed E-state index contributed by atoms with van der Waals surface area (Å²) >= 11 is 0. The number of rotatable bonds is 14. The van der Waals surface area contributed by atoms with Crippen molar-refractivity contribution in [2.75, 3.05) is 0 Å². The molecule has 1 aromatic rings. The van der Waals surface area contributed by atoms with E-state index in [1.807, 2.05) is 19.1 Å². The first-order chi connectivity index (χ1) is 12.5. The Kier molecular flexibility index (Phi) is 11.8. The molecule has 0 atom stereocenters. The van der Waals surface area contributed by atoms with E-state index in [-0.39, 0.29) is 5.75 Å². The number of aromatic hydroxyl groups is 1. The molecule has 0 fully saturated rings. The van der Waals surface area contributed by atoms with Crippen LogP contribution in [-0.2, 0) is 0 Å². The summed E-state index contributed by atoms with van der Waals surface area (Å²) in [5, 5.41) is 22.6. The fourth-order valence-corrected chi connectivity index (χ4v) is 3.38. The summed E-state index contributed by atoms with van der Waals surface area (Å²) in [6.45, 7) is 6.54. The summed E-state index contributed by atoms with van der Waals surface area (Å²) in [5.74, 6) is 1.05. The average Bonchev–Trinajstić information content (AvgIpc) is 2.60. The van der Waals surface area contributed by atoms with E-state index in [9.17, 15) is 10.3 Å². The second-order valence-corrected chi connectivity index (χ2v) is 8.04. The molecular formula is C23H39NO2. The van der Waals surface area contributed by atoms with E-state index in [1.54, 1.807) is 6.07 Å². The summed E-state index contributed by atoms with van der Waals surface area (Å²) in [7, 11) is 0. The lowest BCUT2D eigenvalue weighted by molar-refractivity contribution is 0.317. The van der Waals surface area contributed by atoms with Crippen molar-refractivity contribution in [3.8, 4) is 5.75 Å². The van der Waals surface area contributed by atoms with E-state index in [0.29, 0.717) is 17.7 Å². The maximum Gasteiger partial charge on any atom is 0.125 e. The Bertz CT molecular complexity index is 523. The zero-order valence-corrected chi connectivity index (χ0v) is 17.1. The van der Waals surface area contributed by atoms with Gasteiger partial charge in [0.15, 0.2) is 0 Å². The molecule has 0 amide bonds. The molecular weight excluding hydrogens is 322 g/mol. The molecule has 2 N–H and O–H groups in total. The van der Waals surface area contributed by atoms with Crippen LogP contribution in [0.25, 0.3) is 0 Å². The zero-order chi connectivity index (χ0) is 19.2. The normalized spacial score (nSPS) is 12.1. The van der Waals surface area contributed by atoms with Gasteiger partial charge in [0, 0.05) is 5.56 Å². The van der Waals surface area contributed by atoms with Crippen molar-refractivity contribution in [1.82, 2.24) is 0 Å². The number of phenolic OH excluding ortho intramolecular Hbond substituents is 1. The number of oxime groups is 1. The predicted molar refractivity (Wildman–Crippen MR) is 111 cm³/mol.